The molecule has 1 heterocycles. The Bertz CT molecular complexity index is 1160. The molecule has 2 aromatic carbocycles. The van der Waals surface area contributed by atoms with Gasteiger partial charge in [-0.05, 0) is 81.8 Å². The Morgan fingerprint density at radius 1 is 1.29 bits per heavy atom. The zero-order valence-electron chi connectivity index (χ0n) is 20.0. The molecule has 0 saturated heterocycles. The SMILES string of the molecule is CCC(O)CCCNC1CCc2c(-c3noc(-c4ccc(OC(C)C)c(C#N)c4)n3)cccc21. The van der Waals surface area contributed by atoms with Gasteiger partial charge in [0, 0.05) is 17.2 Å². The van der Waals surface area contributed by atoms with Gasteiger partial charge in [-0.25, -0.2) is 0 Å². The van der Waals surface area contributed by atoms with Crippen LogP contribution >= 0.6 is 0 Å². The number of aromatic nitrogens is 2. The van der Waals surface area contributed by atoms with Gasteiger partial charge in [-0.1, -0.05) is 30.3 Å². The Hall–Kier alpha value is -3.21. The summed E-state index contributed by atoms with van der Waals surface area (Å²) in [5.74, 6) is 1.48. The summed E-state index contributed by atoms with van der Waals surface area (Å²) < 4.78 is 11.3. The summed E-state index contributed by atoms with van der Waals surface area (Å²) in [7, 11) is 0. The minimum Gasteiger partial charge on any atom is -0.490 e. The highest BCUT2D eigenvalue weighted by atomic mass is 16.5. The van der Waals surface area contributed by atoms with Gasteiger partial charge in [0.2, 0.25) is 5.82 Å². The third-order valence-electron chi connectivity index (χ3n) is 6.22. The third-order valence-corrected chi connectivity index (χ3v) is 6.22. The van der Waals surface area contributed by atoms with Crippen LogP contribution in [0.4, 0.5) is 0 Å². The van der Waals surface area contributed by atoms with Gasteiger partial charge in [0.1, 0.15) is 11.8 Å². The van der Waals surface area contributed by atoms with E-state index in [9.17, 15) is 10.4 Å². The van der Waals surface area contributed by atoms with Crippen LogP contribution in [0.2, 0.25) is 0 Å². The predicted molar refractivity (Wildman–Crippen MR) is 130 cm³/mol. The van der Waals surface area contributed by atoms with Gasteiger partial charge in [0.15, 0.2) is 0 Å². The van der Waals surface area contributed by atoms with Gasteiger partial charge in [0.25, 0.3) is 5.89 Å². The molecule has 0 radical (unpaired) electrons. The number of ether oxygens (including phenoxy) is 1. The van der Waals surface area contributed by atoms with Crippen LogP contribution in [0.3, 0.4) is 0 Å². The highest BCUT2D eigenvalue weighted by Crippen LogP contribution is 2.37. The maximum absolute atomic E-state index is 9.76. The van der Waals surface area contributed by atoms with E-state index in [0.29, 0.717) is 34.6 Å². The molecule has 3 aromatic rings. The summed E-state index contributed by atoms with van der Waals surface area (Å²) >= 11 is 0. The van der Waals surface area contributed by atoms with E-state index in [4.69, 9.17) is 9.26 Å². The highest BCUT2D eigenvalue weighted by molar-refractivity contribution is 5.67. The van der Waals surface area contributed by atoms with Crippen LogP contribution in [-0.2, 0) is 6.42 Å². The van der Waals surface area contributed by atoms with Crippen LogP contribution in [0.25, 0.3) is 22.8 Å². The minimum absolute atomic E-state index is 0.0191. The molecule has 0 amide bonds. The number of hydrogen-bond acceptors (Lipinski definition) is 7. The minimum atomic E-state index is -0.208. The number of nitriles is 1. The van der Waals surface area contributed by atoms with Crippen molar-refractivity contribution < 1.29 is 14.4 Å². The normalized spacial score (nSPS) is 15.8. The molecule has 0 aliphatic heterocycles. The topological polar surface area (TPSA) is 104 Å². The molecule has 2 atom stereocenters. The molecule has 4 rings (SSSR count). The molecule has 7 nitrogen and oxygen atoms in total. The second-order valence-corrected chi connectivity index (χ2v) is 9.04. The van der Waals surface area contributed by atoms with E-state index in [1.54, 1.807) is 12.1 Å². The molecule has 1 aromatic heterocycles. The van der Waals surface area contributed by atoms with Crippen LogP contribution in [-0.4, -0.2) is 34.0 Å². The van der Waals surface area contributed by atoms with Gasteiger partial charge >= 0.3 is 0 Å². The van der Waals surface area contributed by atoms with Crippen molar-refractivity contribution in [3.05, 3.63) is 53.1 Å². The molecule has 7 heteroatoms. The fourth-order valence-electron chi connectivity index (χ4n) is 4.45. The second-order valence-electron chi connectivity index (χ2n) is 9.04. The Labute approximate surface area is 200 Å². The summed E-state index contributed by atoms with van der Waals surface area (Å²) in [6.07, 6.45) is 4.33. The van der Waals surface area contributed by atoms with Crippen molar-refractivity contribution in [2.75, 3.05) is 6.54 Å². The summed E-state index contributed by atoms with van der Waals surface area (Å²) in [6.45, 7) is 6.74. The molecular formula is C27H32N4O3. The van der Waals surface area contributed by atoms with E-state index in [2.05, 4.69) is 27.6 Å². The number of fused-ring (bicyclic) bond motifs is 1. The number of nitrogens with zero attached hydrogens (tertiary/aromatic N) is 3. The number of benzene rings is 2. The molecule has 1 aliphatic rings. The highest BCUT2D eigenvalue weighted by Gasteiger charge is 2.26. The molecule has 178 valence electrons. The zero-order valence-corrected chi connectivity index (χ0v) is 20.0. The molecule has 0 saturated carbocycles. The van der Waals surface area contributed by atoms with Crippen molar-refractivity contribution in [3.63, 3.8) is 0 Å². The van der Waals surface area contributed by atoms with Crippen LogP contribution in [0.5, 0.6) is 5.75 Å². The summed E-state index contributed by atoms with van der Waals surface area (Å²) in [5.41, 5.74) is 4.64. The average Bonchev–Trinajstić information content (AvgIpc) is 3.49. The Balaban J connectivity index is 1.51. The molecule has 2 N–H and O–H groups in total. The summed E-state index contributed by atoms with van der Waals surface area (Å²) in [6, 6.07) is 14.0. The molecule has 0 bridgehead atoms. The zero-order chi connectivity index (χ0) is 24.1. The first-order valence-corrected chi connectivity index (χ1v) is 12.1. The van der Waals surface area contributed by atoms with Gasteiger partial charge in [-0.15, -0.1) is 0 Å². The molecule has 0 fully saturated rings. The number of aliphatic hydroxyl groups excluding tert-OH is 1. The van der Waals surface area contributed by atoms with Crippen LogP contribution < -0.4 is 10.1 Å². The van der Waals surface area contributed by atoms with Gasteiger partial charge in [-0.3, -0.25) is 0 Å². The summed E-state index contributed by atoms with van der Waals surface area (Å²) in [4.78, 5) is 4.65. The van der Waals surface area contributed by atoms with Crippen molar-refractivity contribution >= 4 is 0 Å². The van der Waals surface area contributed by atoms with Gasteiger partial charge < -0.3 is 19.7 Å². The maximum Gasteiger partial charge on any atom is 0.258 e. The van der Waals surface area contributed by atoms with E-state index >= 15 is 0 Å². The fraction of sp³-hybridized carbons (Fsp3) is 0.444. The van der Waals surface area contributed by atoms with E-state index in [0.717, 1.165) is 44.2 Å². The number of nitrogens with one attached hydrogen (secondary N) is 1. The number of aliphatic hydroxyl groups is 1. The number of hydrogen-bond donors (Lipinski definition) is 2. The van der Waals surface area contributed by atoms with Crippen molar-refractivity contribution in [1.29, 1.82) is 5.26 Å². The largest absolute Gasteiger partial charge is 0.490 e. The lowest BCUT2D eigenvalue weighted by molar-refractivity contribution is 0.157. The molecule has 2 unspecified atom stereocenters. The average molecular weight is 461 g/mol. The van der Waals surface area contributed by atoms with Crippen molar-refractivity contribution in [2.45, 2.75) is 71.1 Å². The van der Waals surface area contributed by atoms with Crippen LogP contribution in [0, 0.1) is 11.3 Å². The molecule has 1 aliphatic carbocycles. The van der Waals surface area contributed by atoms with Crippen LogP contribution in [0.15, 0.2) is 40.9 Å². The second kappa shape index (κ2) is 10.8. The van der Waals surface area contributed by atoms with Crippen molar-refractivity contribution in [1.82, 2.24) is 15.5 Å². The van der Waals surface area contributed by atoms with E-state index in [-0.39, 0.29) is 12.2 Å². The standard InChI is InChI=1S/C27H32N4O3/c1-4-20(32)7-6-14-29-24-12-11-21-22(24)8-5-9-23(21)26-30-27(34-31-26)18-10-13-25(33-17(2)3)19(15-18)16-28/h5,8-10,13,15,17,20,24,29,32H,4,6-7,11-12,14H2,1-3H3. The quantitative estimate of drug-likeness (QED) is 0.401. The van der Waals surface area contributed by atoms with E-state index in [1.807, 2.05) is 39.0 Å². The number of rotatable bonds is 10. The molecular weight excluding hydrogens is 428 g/mol. The molecule has 0 spiro atoms. The first-order valence-electron chi connectivity index (χ1n) is 12.1. The monoisotopic (exact) mass is 460 g/mol. The van der Waals surface area contributed by atoms with Crippen LogP contribution in [0.1, 0.15) is 69.2 Å². The Morgan fingerprint density at radius 2 is 2.15 bits per heavy atom. The fourth-order valence-corrected chi connectivity index (χ4v) is 4.45. The smallest absolute Gasteiger partial charge is 0.258 e. The first-order chi connectivity index (χ1) is 16.5. The van der Waals surface area contributed by atoms with E-state index < -0.39 is 0 Å². The van der Waals surface area contributed by atoms with E-state index in [1.165, 1.54) is 11.1 Å². The Morgan fingerprint density at radius 3 is 2.91 bits per heavy atom. The maximum atomic E-state index is 9.76. The molecule has 34 heavy (non-hydrogen) atoms. The van der Waals surface area contributed by atoms with Crippen molar-refractivity contribution in [2.24, 2.45) is 0 Å². The lowest BCUT2D eigenvalue weighted by Crippen LogP contribution is -2.21. The van der Waals surface area contributed by atoms with Crippen molar-refractivity contribution in [3.8, 4) is 34.7 Å². The Kier molecular flexibility index (Phi) is 7.61. The lowest BCUT2D eigenvalue weighted by Gasteiger charge is -2.15. The first kappa shape index (κ1) is 23.9. The lowest BCUT2D eigenvalue weighted by atomic mass is 10.0. The van der Waals surface area contributed by atoms with Gasteiger partial charge in [0.05, 0.1) is 17.8 Å². The van der Waals surface area contributed by atoms with Gasteiger partial charge in [-0.2, -0.15) is 10.2 Å². The predicted octanol–water partition coefficient (Wildman–Crippen LogP) is 5.19. The summed E-state index contributed by atoms with van der Waals surface area (Å²) in [5, 5.41) is 27.2. The third kappa shape index (κ3) is 5.30.